The number of aliphatic hydroxyl groups excluding tert-OH is 1. The van der Waals surface area contributed by atoms with Crippen LogP contribution in [0, 0.1) is 6.92 Å². The fourth-order valence-corrected chi connectivity index (χ4v) is 1.16. The van der Waals surface area contributed by atoms with Crippen molar-refractivity contribution >= 4 is 0 Å². The molecule has 2 rings (SSSR count). The molecule has 0 saturated heterocycles. The van der Waals surface area contributed by atoms with Crippen LogP contribution < -0.4 is 0 Å². The van der Waals surface area contributed by atoms with Crippen LogP contribution in [0.2, 0.25) is 0 Å². The minimum absolute atomic E-state index is 0.175. The Morgan fingerprint density at radius 1 is 1.23 bits per heavy atom. The van der Waals surface area contributed by atoms with E-state index in [0.29, 0.717) is 0 Å². The zero-order valence-corrected chi connectivity index (χ0v) is 7.23. The Bertz CT molecular complexity index is 327. The summed E-state index contributed by atoms with van der Waals surface area (Å²) in [4.78, 5) is 0. The Balaban J connectivity index is 2.14. The minimum Gasteiger partial charge on any atom is -0.479 e. The number of aryl methyl sites for hydroxylation is 1. The van der Waals surface area contributed by atoms with Crippen LogP contribution in [0.3, 0.4) is 0 Å². The normalized spacial score (nSPS) is 20.4. The third-order valence-corrected chi connectivity index (χ3v) is 1.87. The van der Waals surface area contributed by atoms with Crippen LogP contribution >= 0.6 is 0 Å². The van der Waals surface area contributed by atoms with Crippen molar-refractivity contribution in [2.75, 3.05) is 0 Å². The highest BCUT2D eigenvalue weighted by Crippen LogP contribution is 2.26. The lowest BCUT2D eigenvalue weighted by atomic mass is 10.1. The van der Waals surface area contributed by atoms with E-state index in [4.69, 9.17) is 14.6 Å². The van der Waals surface area contributed by atoms with Crippen LogP contribution in [-0.4, -0.2) is 5.11 Å². The molecule has 0 fully saturated rings. The highest BCUT2D eigenvalue weighted by molar-refractivity contribution is 5.22. The molecule has 0 aromatic heterocycles. The first kappa shape index (κ1) is 7.98. The predicted molar refractivity (Wildman–Crippen MR) is 46.8 cm³/mol. The molecule has 1 heterocycles. The number of benzene rings is 1. The second-order valence-corrected chi connectivity index (χ2v) is 2.95. The summed E-state index contributed by atoms with van der Waals surface area (Å²) < 4.78 is 10.0. The first-order valence-corrected chi connectivity index (χ1v) is 4.03. The molecule has 0 spiro atoms. The molecule has 1 aliphatic rings. The summed E-state index contributed by atoms with van der Waals surface area (Å²) in [6.45, 7) is 2.01. The fraction of sp³-hybridized carbons (Fsp3) is 0.200. The SMILES string of the molecule is Cc1ccc(C2OC=C(O)O2)cc1. The lowest BCUT2D eigenvalue weighted by molar-refractivity contribution is -0.0601. The average molecular weight is 178 g/mol. The lowest BCUT2D eigenvalue weighted by Crippen LogP contribution is -1.98. The monoisotopic (exact) mass is 178 g/mol. The molecule has 0 amide bonds. The van der Waals surface area contributed by atoms with E-state index in [1.165, 1.54) is 11.8 Å². The Morgan fingerprint density at radius 3 is 2.46 bits per heavy atom. The van der Waals surface area contributed by atoms with Crippen LogP contribution in [0.5, 0.6) is 0 Å². The third kappa shape index (κ3) is 1.59. The van der Waals surface area contributed by atoms with Gasteiger partial charge in [-0.2, -0.15) is 0 Å². The van der Waals surface area contributed by atoms with Crippen molar-refractivity contribution in [2.24, 2.45) is 0 Å². The number of ether oxygens (including phenoxy) is 2. The Morgan fingerprint density at radius 2 is 1.92 bits per heavy atom. The quantitative estimate of drug-likeness (QED) is 0.717. The molecular formula is C10H10O3. The zero-order valence-electron chi connectivity index (χ0n) is 7.23. The van der Waals surface area contributed by atoms with Crippen molar-refractivity contribution in [1.29, 1.82) is 0 Å². The molecule has 0 aliphatic carbocycles. The molecule has 0 radical (unpaired) electrons. The van der Waals surface area contributed by atoms with Gasteiger partial charge in [0.2, 0.25) is 0 Å². The van der Waals surface area contributed by atoms with Crippen molar-refractivity contribution < 1.29 is 14.6 Å². The van der Waals surface area contributed by atoms with E-state index in [-0.39, 0.29) is 5.95 Å². The smallest absolute Gasteiger partial charge is 0.316 e. The Kier molecular flexibility index (Phi) is 1.85. The van der Waals surface area contributed by atoms with Gasteiger partial charge in [-0.3, -0.25) is 0 Å². The molecule has 3 nitrogen and oxygen atoms in total. The van der Waals surface area contributed by atoms with Gasteiger partial charge in [0.25, 0.3) is 6.29 Å². The molecule has 0 saturated carbocycles. The summed E-state index contributed by atoms with van der Waals surface area (Å²) >= 11 is 0. The molecule has 0 bridgehead atoms. The largest absolute Gasteiger partial charge is 0.479 e. The van der Waals surface area contributed by atoms with Gasteiger partial charge < -0.3 is 14.6 Å². The van der Waals surface area contributed by atoms with Gasteiger partial charge in [-0.25, -0.2) is 0 Å². The number of hydrogen-bond donors (Lipinski definition) is 1. The first-order chi connectivity index (χ1) is 6.25. The maximum absolute atomic E-state index is 8.93. The molecule has 13 heavy (non-hydrogen) atoms. The summed E-state index contributed by atoms with van der Waals surface area (Å²) in [5.74, 6) is -0.175. The van der Waals surface area contributed by atoms with E-state index >= 15 is 0 Å². The number of hydrogen-bond acceptors (Lipinski definition) is 3. The van der Waals surface area contributed by atoms with Crippen molar-refractivity contribution in [3.05, 3.63) is 47.6 Å². The Labute approximate surface area is 76.2 Å². The van der Waals surface area contributed by atoms with E-state index in [1.54, 1.807) is 0 Å². The van der Waals surface area contributed by atoms with E-state index in [1.807, 2.05) is 31.2 Å². The van der Waals surface area contributed by atoms with Gasteiger partial charge >= 0.3 is 5.95 Å². The molecule has 1 N–H and O–H groups in total. The van der Waals surface area contributed by atoms with Crippen molar-refractivity contribution in [1.82, 2.24) is 0 Å². The Hall–Kier alpha value is -1.64. The van der Waals surface area contributed by atoms with Crippen LogP contribution in [0.25, 0.3) is 0 Å². The van der Waals surface area contributed by atoms with Crippen LogP contribution in [-0.2, 0) is 9.47 Å². The molecule has 1 unspecified atom stereocenters. The maximum atomic E-state index is 8.93. The maximum Gasteiger partial charge on any atom is 0.316 e. The van der Waals surface area contributed by atoms with Crippen LogP contribution in [0.15, 0.2) is 36.5 Å². The topological polar surface area (TPSA) is 38.7 Å². The van der Waals surface area contributed by atoms with E-state index in [0.717, 1.165) is 5.56 Å². The number of aliphatic hydroxyl groups is 1. The summed E-state index contributed by atoms with van der Waals surface area (Å²) in [7, 11) is 0. The molecular weight excluding hydrogens is 168 g/mol. The molecule has 68 valence electrons. The molecule has 3 heteroatoms. The summed E-state index contributed by atoms with van der Waals surface area (Å²) in [5.41, 5.74) is 2.07. The fourth-order valence-electron chi connectivity index (χ4n) is 1.16. The lowest BCUT2D eigenvalue weighted by Gasteiger charge is -2.10. The first-order valence-electron chi connectivity index (χ1n) is 4.03. The van der Waals surface area contributed by atoms with Gasteiger partial charge in [0.05, 0.1) is 0 Å². The van der Waals surface area contributed by atoms with Gasteiger partial charge in [0.1, 0.15) is 0 Å². The van der Waals surface area contributed by atoms with Gasteiger partial charge in [-0.1, -0.05) is 29.8 Å². The van der Waals surface area contributed by atoms with E-state index < -0.39 is 6.29 Å². The van der Waals surface area contributed by atoms with Gasteiger partial charge in [0.15, 0.2) is 6.26 Å². The highest BCUT2D eigenvalue weighted by Gasteiger charge is 2.20. The predicted octanol–water partition coefficient (Wildman–Crippen LogP) is 2.40. The number of rotatable bonds is 1. The van der Waals surface area contributed by atoms with Crippen molar-refractivity contribution in [3.8, 4) is 0 Å². The van der Waals surface area contributed by atoms with Gasteiger partial charge in [-0.05, 0) is 6.92 Å². The van der Waals surface area contributed by atoms with Crippen molar-refractivity contribution in [3.63, 3.8) is 0 Å². The van der Waals surface area contributed by atoms with E-state index in [2.05, 4.69) is 0 Å². The summed E-state index contributed by atoms with van der Waals surface area (Å²) in [6, 6.07) is 7.76. The molecule has 1 atom stereocenters. The molecule has 1 aliphatic heterocycles. The van der Waals surface area contributed by atoms with Gasteiger partial charge in [0, 0.05) is 5.56 Å². The average Bonchev–Trinajstić information content (AvgIpc) is 2.53. The standard InChI is InChI=1S/C10H10O3/c1-7-2-4-8(5-3-7)10-12-6-9(11)13-10/h2-6,10-11H,1H3. The third-order valence-electron chi connectivity index (χ3n) is 1.87. The summed E-state index contributed by atoms with van der Waals surface area (Å²) in [6.07, 6.45) is 0.699. The minimum atomic E-state index is -0.499. The molecule has 1 aromatic carbocycles. The van der Waals surface area contributed by atoms with Crippen LogP contribution in [0.4, 0.5) is 0 Å². The van der Waals surface area contributed by atoms with Crippen molar-refractivity contribution in [2.45, 2.75) is 13.2 Å². The molecule has 1 aromatic rings. The second kappa shape index (κ2) is 3.01. The highest BCUT2D eigenvalue weighted by atomic mass is 16.8. The van der Waals surface area contributed by atoms with Crippen LogP contribution in [0.1, 0.15) is 17.4 Å². The summed E-state index contributed by atoms with van der Waals surface area (Å²) in [5, 5.41) is 8.93. The van der Waals surface area contributed by atoms with Gasteiger partial charge in [-0.15, -0.1) is 0 Å². The zero-order chi connectivity index (χ0) is 9.26. The second-order valence-electron chi connectivity index (χ2n) is 2.95. The van der Waals surface area contributed by atoms with E-state index in [9.17, 15) is 0 Å².